The van der Waals surface area contributed by atoms with Crippen LogP contribution >= 0.6 is 0 Å². The molecule has 5 aliphatic rings. The average Bonchev–Trinajstić information content (AvgIpc) is 4.04. The third kappa shape index (κ3) is 8.34. The lowest BCUT2D eigenvalue weighted by Gasteiger charge is -2.35. The second-order valence-electron chi connectivity index (χ2n) is 17.5. The van der Waals surface area contributed by atoms with Crippen LogP contribution in [0.15, 0.2) is 18.2 Å². The van der Waals surface area contributed by atoms with Crippen LogP contribution in [0.3, 0.4) is 0 Å². The lowest BCUT2D eigenvalue weighted by molar-refractivity contribution is -0.143. The van der Waals surface area contributed by atoms with Crippen molar-refractivity contribution in [2.75, 3.05) is 13.7 Å². The van der Waals surface area contributed by atoms with Gasteiger partial charge >= 0.3 is 6.09 Å². The molecular formula is C39H54N6O9S. The molecule has 4 fully saturated rings. The summed E-state index contributed by atoms with van der Waals surface area (Å²) in [4.78, 5) is 67.3. The normalized spacial score (nSPS) is 30.1. The molecule has 2 aromatic rings. The number of nitrogens with one attached hydrogen (secondary N) is 3. The molecule has 300 valence electrons. The Bertz CT molecular complexity index is 1960. The minimum atomic E-state index is -3.88. The van der Waals surface area contributed by atoms with Gasteiger partial charge < -0.3 is 29.7 Å². The van der Waals surface area contributed by atoms with Gasteiger partial charge in [0.1, 0.15) is 41.3 Å². The number of fused-ring (bicyclic) bond motifs is 5. The summed E-state index contributed by atoms with van der Waals surface area (Å²) in [6.07, 6.45) is 4.65. The van der Waals surface area contributed by atoms with Crippen LogP contribution in [0.4, 0.5) is 4.79 Å². The van der Waals surface area contributed by atoms with Crippen molar-refractivity contribution in [2.45, 2.75) is 134 Å². The summed E-state index contributed by atoms with van der Waals surface area (Å²) in [5, 5.41) is 5.10. The van der Waals surface area contributed by atoms with E-state index >= 15 is 0 Å². The van der Waals surface area contributed by atoms with Crippen LogP contribution in [0.5, 0.6) is 11.6 Å². The first-order chi connectivity index (χ1) is 26.0. The summed E-state index contributed by atoms with van der Waals surface area (Å²) in [5.74, 6) is -1.08. The number of alkyl carbamates (subject to hydrolysis) is 1. The molecule has 0 spiro atoms. The van der Waals surface area contributed by atoms with E-state index in [1.165, 1.54) is 4.90 Å². The zero-order chi connectivity index (χ0) is 39.4. The second kappa shape index (κ2) is 14.7. The number of aryl methyl sites for hydroxylation is 1. The minimum Gasteiger partial charge on any atom is -0.497 e. The Morgan fingerprint density at radius 1 is 1.04 bits per heavy atom. The van der Waals surface area contributed by atoms with Crippen molar-refractivity contribution in [3.05, 3.63) is 23.9 Å². The summed E-state index contributed by atoms with van der Waals surface area (Å²) in [6.45, 7) is 9.27. The highest BCUT2D eigenvalue weighted by molar-refractivity contribution is 7.91. The predicted molar refractivity (Wildman–Crippen MR) is 201 cm³/mol. The number of methoxy groups -OCH3 is 1. The Kier molecular flexibility index (Phi) is 10.4. The molecule has 1 saturated heterocycles. The summed E-state index contributed by atoms with van der Waals surface area (Å²) >= 11 is 0. The van der Waals surface area contributed by atoms with Crippen molar-refractivity contribution < 1.29 is 41.8 Å². The van der Waals surface area contributed by atoms with Gasteiger partial charge in [-0.05, 0) is 80.2 Å². The van der Waals surface area contributed by atoms with Gasteiger partial charge in [0.15, 0.2) is 0 Å². The van der Waals surface area contributed by atoms with Gasteiger partial charge in [-0.1, -0.05) is 47.5 Å². The van der Waals surface area contributed by atoms with Gasteiger partial charge in [0.2, 0.25) is 27.7 Å². The zero-order valence-corrected chi connectivity index (χ0v) is 33.4. The number of carbonyl (C=O) groups excluding carboxylic acids is 4. The molecule has 4 amide bonds. The maximum atomic E-state index is 14.7. The maximum Gasteiger partial charge on any atom is 0.408 e. The molecule has 55 heavy (non-hydrogen) atoms. The van der Waals surface area contributed by atoms with Crippen molar-refractivity contribution in [3.8, 4) is 11.6 Å². The Morgan fingerprint density at radius 2 is 1.80 bits per heavy atom. The zero-order valence-electron chi connectivity index (χ0n) is 32.6. The van der Waals surface area contributed by atoms with Crippen LogP contribution in [-0.2, 0) is 35.6 Å². The SMILES string of the molecule is COc1ccc2nc3c(nc2c1)OC1CC(C(=O)NC2(C(=O)NS(=O)(=O)C4CC4)CC2C(C)C)N(C1)C(=O)C(C(C)(C)C)NC(=O)OC1CC1CCCCC3. The van der Waals surface area contributed by atoms with E-state index in [9.17, 15) is 27.6 Å². The Morgan fingerprint density at radius 3 is 2.47 bits per heavy atom. The first kappa shape index (κ1) is 39.0. The molecule has 7 unspecified atom stereocenters. The van der Waals surface area contributed by atoms with E-state index in [1.54, 1.807) is 13.2 Å². The molecule has 3 N–H and O–H groups in total. The fourth-order valence-electron chi connectivity index (χ4n) is 8.16. The molecule has 2 bridgehead atoms. The number of hydrogen-bond acceptors (Lipinski definition) is 11. The van der Waals surface area contributed by atoms with E-state index in [1.807, 2.05) is 46.8 Å². The number of ether oxygens (including phenoxy) is 3. The molecule has 0 radical (unpaired) electrons. The van der Waals surface area contributed by atoms with Crippen LogP contribution in [0.1, 0.15) is 98.1 Å². The van der Waals surface area contributed by atoms with Crippen molar-refractivity contribution in [3.63, 3.8) is 0 Å². The molecule has 16 heteroatoms. The van der Waals surface area contributed by atoms with Gasteiger partial charge in [-0.3, -0.25) is 19.1 Å². The van der Waals surface area contributed by atoms with Crippen LogP contribution in [0, 0.1) is 23.2 Å². The third-order valence-corrected chi connectivity index (χ3v) is 13.6. The van der Waals surface area contributed by atoms with Crippen LogP contribution in [0.2, 0.25) is 0 Å². The number of sulfonamides is 1. The predicted octanol–water partition coefficient (Wildman–Crippen LogP) is 3.77. The smallest absolute Gasteiger partial charge is 0.408 e. The standard InChI is InChI=1S/C39H54N6O9S/c1-21(2)26-19-39(26,36(48)44-55(50,51)25-13-14-25)43-33(46)30-18-24-20-45(30)35(47)32(38(3,4)5)42-37(49)54-31-16-22(31)10-8-7-9-11-28-34(53-24)41-29-17-23(52-6)12-15-27(29)40-28/h12,15,17,21-22,24-26,30-32H,7-11,13-14,16,18-20H2,1-6H3,(H,42,49)(H,43,46)(H,44,48). The van der Waals surface area contributed by atoms with Crippen molar-refractivity contribution >= 4 is 44.9 Å². The molecule has 7 atom stereocenters. The maximum absolute atomic E-state index is 14.7. The molecule has 15 nitrogen and oxygen atoms in total. The largest absolute Gasteiger partial charge is 0.497 e. The van der Waals surface area contributed by atoms with Gasteiger partial charge in [-0.25, -0.2) is 23.2 Å². The molecule has 7 rings (SSSR count). The monoisotopic (exact) mass is 782 g/mol. The number of benzene rings is 1. The molecular weight excluding hydrogens is 729 g/mol. The molecule has 3 aliphatic carbocycles. The molecule has 2 aliphatic heterocycles. The minimum absolute atomic E-state index is 0.0228. The van der Waals surface area contributed by atoms with E-state index in [2.05, 4.69) is 15.4 Å². The Labute approximate surface area is 322 Å². The summed E-state index contributed by atoms with van der Waals surface area (Å²) in [7, 11) is -2.31. The van der Waals surface area contributed by atoms with Gasteiger partial charge in [-0.2, -0.15) is 0 Å². The second-order valence-corrected chi connectivity index (χ2v) is 19.4. The average molecular weight is 783 g/mol. The lowest BCUT2D eigenvalue weighted by Crippen LogP contribution is -2.60. The van der Waals surface area contributed by atoms with Gasteiger partial charge in [-0.15, -0.1) is 0 Å². The fraction of sp³-hybridized carbons (Fsp3) is 0.692. The first-order valence-electron chi connectivity index (χ1n) is 19.7. The quantitative estimate of drug-likeness (QED) is 0.370. The lowest BCUT2D eigenvalue weighted by atomic mass is 9.85. The van der Waals surface area contributed by atoms with Crippen LogP contribution in [0.25, 0.3) is 11.0 Å². The van der Waals surface area contributed by atoms with E-state index in [-0.39, 0.29) is 43.2 Å². The number of hydrogen-bond donors (Lipinski definition) is 3. The summed E-state index contributed by atoms with van der Waals surface area (Å²) in [5.41, 5.74) is -0.326. The molecule has 1 aromatic carbocycles. The van der Waals surface area contributed by atoms with E-state index in [0.29, 0.717) is 47.6 Å². The third-order valence-electron chi connectivity index (χ3n) is 11.8. The molecule has 3 heterocycles. The summed E-state index contributed by atoms with van der Waals surface area (Å²) in [6, 6.07) is 3.26. The number of rotatable bonds is 7. The van der Waals surface area contributed by atoms with Crippen molar-refractivity contribution in [1.82, 2.24) is 30.2 Å². The summed E-state index contributed by atoms with van der Waals surface area (Å²) < 4.78 is 45.7. The van der Waals surface area contributed by atoms with Crippen LogP contribution in [-0.4, -0.2) is 95.8 Å². The number of carbonyl (C=O) groups is 4. The van der Waals surface area contributed by atoms with Gasteiger partial charge in [0.05, 0.1) is 29.9 Å². The first-order valence-corrected chi connectivity index (χ1v) is 21.2. The van der Waals surface area contributed by atoms with E-state index in [4.69, 9.17) is 24.2 Å². The van der Waals surface area contributed by atoms with Crippen molar-refractivity contribution in [1.29, 1.82) is 0 Å². The Hall–Kier alpha value is -4.21. The Balaban J connectivity index is 1.22. The van der Waals surface area contributed by atoms with Gasteiger partial charge in [0, 0.05) is 12.5 Å². The van der Waals surface area contributed by atoms with Gasteiger partial charge in [0.25, 0.3) is 5.91 Å². The van der Waals surface area contributed by atoms with Crippen LogP contribution < -0.4 is 24.8 Å². The highest BCUT2D eigenvalue weighted by Gasteiger charge is 2.64. The molecule has 3 saturated carbocycles. The van der Waals surface area contributed by atoms with E-state index in [0.717, 1.165) is 32.1 Å². The van der Waals surface area contributed by atoms with Crippen molar-refractivity contribution in [2.24, 2.45) is 23.2 Å². The topological polar surface area (TPSA) is 195 Å². The fourth-order valence-corrected chi connectivity index (χ4v) is 9.52. The number of nitrogens with zero attached hydrogens (tertiary/aromatic N) is 3. The molecule has 1 aromatic heterocycles. The number of aromatic nitrogens is 2. The van der Waals surface area contributed by atoms with E-state index < -0.39 is 68.2 Å². The highest BCUT2D eigenvalue weighted by Crippen LogP contribution is 2.49. The highest BCUT2D eigenvalue weighted by atomic mass is 32.2. The number of amides is 4.